The maximum atomic E-state index is 12.4. The Kier molecular flexibility index (Phi) is 6.78. The van der Waals surface area contributed by atoms with Gasteiger partial charge in [-0.3, -0.25) is 0 Å². The summed E-state index contributed by atoms with van der Waals surface area (Å²) in [7, 11) is -10.1. The zero-order valence-electron chi connectivity index (χ0n) is 8.00. The van der Waals surface area contributed by atoms with Crippen LogP contribution in [0.25, 0.3) is 0 Å². The third kappa shape index (κ3) is 3.33. The van der Waals surface area contributed by atoms with Crippen LogP contribution in [0.1, 0.15) is 0 Å². The van der Waals surface area contributed by atoms with E-state index >= 15 is 0 Å². The van der Waals surface area contributed by atoms with Gasteiger partial charge >= 0.3 is 76.9 Å². The van der Waals surface area contributed by atoms with E-state index in [2.05, 4.69) is 10.7 Å². The molecule has 0 heterocycles. The molecule has 0 fully saturated rings. The van der Waals surface area contributed by atoms with Crippen molar-refractivity contribution in [2.45, 2.75) is 16.4 Å². The second kappa shape index (κ2) is 5.63. The zero-order chi connectivity index (χ0) is 14.5. The second-order valence-corrected chi connectivity index (χ2v) is 6.53. The minimum atomic E-state index is -7.24. The van der Waals surface area contributed by atoms with Crippen LogP contribution >= 0.6 is 10.7 Å². The molecule has 0 aromatic rings. The first-order valence-corrected chi connectivity index (χ1v) is 6.75. The molecule has 0 unspecified atom stereocenters. The van der Waals surface area contributed by atoms with Crippen LogP contribution in [-0.4, -0.2) is 37.8 Å². The third-order valence-corrected chi connectivity index (χ3v) is 3.69. The van der Waals surface area contributed by atoms with E-state index in [1.54, 1.807) is 0 Å². The summed E-state index contributed by atoms with van der Waals surface area (Å²) in [6, 6.07) is 0. The summed E-state index contributed by atoms with van der Waals surface area (Å²) in [5.41, 5.74) is 0. The van der Waals surface area contributed by atoms with Crippen molar-refractivity contribution in [2.75, 3.05) is 0 Å². The van der Waals surface area contributed by atoms with Crippen LogP contribution < -0.4 is 51.4 Å². The van der Waals surface area contributed by atoms with Gasteiger partial charge in [0.15, 0.2) is 10.1 Å². The van der Waals surface area contributed by atoms with E-state index in [0.29, 0.717) is 0 Å². The second-order valence-electron chi connectivity index (χ2n) is 2.50. The molecule has 5 nitrogen and oxygen atoms in total. The molecular weight excluding hydrogens is 369 g/mol. The average Bonchev–Trinajstić information content (AvgIpc) is 1.98. The van der Waals surface area contributed by atoms with Gasteiger partial charge in [-0.05, 0) is 0 Å². The van der Waals surface area contributed by atoms with Crippen LogP contribution in [0.2, 0.25) is 0 Å². The van der Waals surface area contributed by atoms with Crippen molar-refractivity contribution in [1.29, 1.82) is 0 Å². The first kappa shape index (κ1) is 21.7. The van der Waals surface area contributed by atoms with Crippen molar-refractivity contribution < 1.29 is 99.1 Å². The molecule has 0 spiro atoms. The molecule has 18 heavy (non-hydrogen) atoms. The van der Waals surface area contributed by atoms with E-state index in [1.807, 2.05) is 0 Å². The minimum Gasteiger partial charge on any atom is -0.743 e. The quantitative estimate of drug-likeness (QED) is 0.246. The predicted molar refractivity (Wildman–Crippen MR) is 39.3 cm³/mol. The van der Waals surface area contributed by atoms with Crippen LogP contribution in [0.3, 0.4) is 0 Å². The fourth-order valence-corrected chi connectivity index (χ4v) is 1.71. The van der Waals surface area contributed by atoms with Crippen molar-refractivity contribution in [2.24, 2.45) is 0 Å². The van der Waals surface area contributed by atoms with Gasteiger partial charge in [0.05, 0.1) is 0 Å². The predicted octanol–water partition coefficient (Wildman–Crippen LogP) is -2.07. The summed E-state index contributed by atoms with van der Waals surface area (Å²) in [6.45, 7) is 0. The molecule has 15 heteroatoms. The summed E-state index contributed by atoms with van der Waals surface area (Å²) in [5, 5.41) is -13.5. The summed E-state index contributed by atoms with van der Waals surface area (Å²) in [6.07, 6.45) is 0. The van der Waals surface area contributed by atoms with Crippen molar-refractivity contribution in [3.8, 4) is 0 Å². The van der Waals surface area contributed by atoms with E-state index in [0.717, 1.165) is 0 Å². The van der Waals surface area contributed by atoms with Gasteiger partial charge in [0, 0.05) is 10.7 Å². The summed E-state index contributed by atoms with van der Waals surface area (Å²) < 4.78 is 123. The van der Waals surface area contributed by atoms with Crippen LogP contribution in [0.5, 0.6) is 0 Å². The standard InChI is InChI=1S/C3HClF6O5S2.K/c4-16(11,12)2(7,8)1(5,6)3(9,10)17(13,14)15;/h(H,13,14,15);/q;+1/p-1. The number of hydrogen-bond acceptors (Lipinski definition) is 5. The van der Waals surface area contributed by atoms with Gasteiger partial charge in [-0.25, -0.2) is 16.8 Å². The maximum Gasteiger partial charge on any atom is 1.00 e. The first-order valence-electron chi connectivity index (χ1n) is 3.03. The Hall–Kier alpha value is 1.37. The Morgan fingerprint density at radius 1 is 0.833 bits per heavy atom. The van der Waals surface area contributed by atoms with Gasteiger partial charge < -0.3 is 4.55 Å². The normalized spacial score (nSPS) is 15.1. The van der Waals surface area contributed by atoms with E-state index in [9.17, 15) is 47.7 Å². The Bertz CT molecular complexity index is 467. The fourth-order valence-electron chi connectivity index (χ4n) is 0.480. The van der Waals surface area contributed by atoms with Crippen molar-refractivity contribution in [3.63, 3.8) is 0 Å². The van der Waals surface area contributed by atoms with E-state index in [-0.39, 0.29) is 51.4 Å². The first-order chi connectivity index (χ1) is 7.00. The summed E-state index contributed by atoms with van der Waals surface area (Å²) >= 11 is 0. The smallest absolute Gasteiger partial charge is 0.743 e. The number of alkyl halides is 6. The Labute approximate surface area is 143 Å². The summed E-state index contributed by atoms with van der Waals surface area (Å²) in [4.78, 5) is 0. The van der Waals surface area contributed by atoms with Gasteiger partial charge in [-0.1, -0.05) is 0 Å². The van der Waals surface area contributed by atoms with Gasteiger partial charge in [-0.2, -0.15) is 26.3 Å². The SMILES string of the molecule is O=S(=O)([O-])C(F)(F)C(F)(F)C(F)(F)S(=O)(=O)Cl.[K+]. The molecular formula is C3ClF6KO5S2. The molecule has 0 saturated carbocycles. The number of halogens is 7. The number of hydrogen-bond donors (Lipinski definition) is 0. The van der Waals surface area contributed by atoms with Crippen LogP contribution in [-0.2, 0) is 19.2 Å². The van der Waals surface area contributed by atoms with Gasteiger partial charge in [0.1, 0.15) is 0 Å². The molecule has 0 aromatic heterocycles. The molecule has 0 aliphatic rings. The topological polar surface area (TPSA) is 91.3 Å². The van der Waals surface area contributed by atoms with E-state index < -0.39 is 35.6 Å². The van der Waals surface area contributed by atoms with E-state index in [1.165, 1.54) is 0 Å². The molecule has 0 aliphatic heterocycles. The van der Waals surface area contributed by atoms with Gasteiger partial charge in [0.2, 0.25) is 0 Å². The zero-order valence-corrected chi connectivity index (χ0v) is 13.5. The molecule has 0 bridgehead atoms. The third-order valence-electron chi connectivity index (χ3n) is 1.35. The van der Waals surface area contributed by atoms with Crippen molar-refractivity contribution >= 4 is 29.9 Å². The maximum absolute atomic E-state index is 12.4. The molecule has 0 atom stereocenters. The Morgan fingerprint density at radius 2 is 1.11 bits per heavy atom. The summed E-state index contributed by atoms with van der Waals surface area (Å²) in [5.74, 6) is -7.03. The molecule has 0 saturated heterocycles. The van der Waals surface area contributed by atoms with Crippen molar-refractivity contribution in [1.82, 2.24) is 0 Å². The Balaban J connectivity index is 0. The van der Waals surface area contributed by atoms with Crippen LogP contribution in [0.4, 0.5) is 26.3 Å². The van der Waals surface area contributed by atoms with Crippen LogP contribution in [0.15, 0.2) is 0 Å². The molecule has 0 radical (unpaired) electrons. The molecule has 0 aromatic carbocycles. The average molecular weight is 369 g/mol. The van der Waals surface area contributed by atoms with E-state index in [4.69, 9.17) is 0 Å². The number of rotatable bonds is 4. The van der Waals surface area contributed by atoms with Crippen LogP contribution in [0, 0.1) is 0 Å². The van der Waals surface area contributed by atoms with Crippen molar-refractivity contribution in [3.05, 3.63) is 0 Å². The largest absolute Gasteiger partial charge is 1.00 e. The monoisotopic (exact) mass is 368 g/mol. The molecule has 0 rings (SSSR count). The molecule has 0 aliphatic carbocycles. The Morgan fingerprint density at radius 3 is 1.28 bits per heavy atom. The molecule has 104 valence electrons. The fraction of sp³-hybridized carbons (Fsp3) is 1.00. The minimum absolute atomic E-state index is 0. The molecule has 0 N–H and O–H groups in total. The molecule has 0 amide bonds. The van der Waals surface area contributed by atoms with Gasteiger partial charge in [-0.15, -0.1) is 0 Å². The van der Waals surface area contributed by atoms with Gasteiger partial charge in [0.25, 0.3) is 0 Å².